The molecule has 0 spiro atoms. The zero-order chi connectivity index (χ0) is 18.8. The van der Waals surface area contributed by atoms with Crippen molar-refractivity contribution in [3.05, 3.63) is 81.7 Å². The van der Waals surface area contributed by atoms with Crippen molar-refractivity contribution in [2.45, 2.75) is 6.61 Å². The van der Waals surface area contributed by atoms with Gasteiger partial charge in [-0.3, -0.25) is 0 Å². The van der Waals surface area contributed by atoms with Gasteiger partial charge in [-0.25, -0.2) is 14.4 Å². The zero-order valence-electron chi connectivity index (χ0n) is 14.2. The average molecular weight is 471 g/mol. The summed E-state index contributed by atoms with van der Waals surface area (Å²) < 4.78 is 20.0. The lowest BCUT2D eigenvalue weighted by molar-refractivity contribution is 0.305. The van der Waals surface area contributed by atoms with Crippen LogP contribution in [0.4, 0.5) is 10.2 Å². The van der Waals surface area contributed by atoms with E-state index < -0.39 is 0 Å². The van der Waals surface area contributed by atoms with E-state index in [1.54, 1.807) is 6.07 Å². The maximum absolute atomic E-state index is 13.2. The Balaban J connectivity index is 1.55. The first kappa shape index (κ1) is 17.7. The molecule has 3 aromatic carbocycles. The topological polar surface area (TPSA) is 61.0 Å². The fourth-order valence-electron chi connectivity index (χ4n) is 2.75. The molecule has 0 aliphatic rings. The molecule has 2 N–H and O–H groups in total. The second-order valence-corrected chi connectivity index (χ2v) is 7.28. The van der Waals surface area contributed by atoms with Gasteiger partial charge in [-0.05, 0) is 82.8 Å². The molecule has 0 bridgehead atoms. The Morgan fingerprint density at radius 2 is 1.78 bits per heavy atom. The quantitative estimate of drug-likeness (QED) is 0.416. The smallest absolute Gasteiger partial charge is 0.162 e. The minimum atomic E-state index is -0.271. The summed E-state index contributed by atoms with van der Waals surface area (Å²) in [7, 11) is 0. The Bertz CT molecular complexity index is 1120. The monoisotopic (exact) mass is 471 g/mol. The van der Waals surface area contributed by atoms with Gasteiger partial charge >= 0.3 is 0 Å². The van der Waals surface area contributed by atoms with Crippen LogP contribution in [0.25, 0.3) is 22.3 Å². The highest BCUT2D eigenvalue weighted by Gasteiger charge is 2.08. The molecule has 0 aliphatic heterocycles. The minimum Gasteiger partial charge on any atom is -0.489 e. The van der Waals surface area contributed by atoms with Crippen LogP contribution in [0.15, 0.2) is 66.7 Å². The van der Waals surface area contributed by atoms with Crippen LogP contribution < -0.4 is 10.5 Å². The molecule has 1 heterocycles. The summed E-state index contributed by atoms with van der Waals surface area (Å²) in [6.45, 7) is 0.301. The number of nitrogen functional groups attached to an aromatic ring is 1. The van der Waals surface area contributed by atoms with Gasteiger partial charge in [0.2, 0.25) is 0 Å². The van der Waals surface area contributed by atoms with Crippen molar-refractivity contribution in [1.82, 2.24) is 9.97 Å². The van der Waals surface area contributed by atoms with Gasteiger partial charge in [0.05, 0.1) is 5.52 Å². The van der Waals surface area contributed by atoms with E-state index in [1.165, 1.54) is 12.1 Å². The van der Waals surface area contributed by atoms with E-state index in [1.807, 2.05) is 48.5 Å². The summed E-state index contributed by atoms with van der Waals surface area (Å²) in [6, 6.07) is 19.7. The highest BCUT2D eigenvalue weighted by molar-refractivity contribution is 14.1. The van der Waals surface area contributed by atoms with Crippen molar-refractivity contribution >= 4 is 39.3 Å². The SMILES string of the molecule is Nc1nc(-c2ccc(OCc3cccc(F)c3)cc2)nc2ccc(I)cc12. The van der Waals surface area contributed by atoms with E-state index >= 15 is 0 Å². The van der Waals surface area contributed by atoms with E-state index in [0.717, 1.165) is 25.6 Å². The molecule has 0 unspecified atom stereocenters. The first-order valence-electron chi connectivity index (χ1n) is 8.29. The Kier molecular flexibility index (Phi) is 4.89. The fraction of sp³-hybridized carbons (Fsp3) is 0.0476. The molecule has 6 heteroatoms. The van der Waals surface area contributed by atoms with Crippen LogP contribution in [0, 0.1) is 9.39 Å². The summed E-state index contributed by atoms with van der Waals surface area (Å²) in [6.07, 6.45) is 0. The first-order valence-corrected chi connectivity index (χ1v) is 9.37. The molecule has 0 radical (unpaired) electrons. The van der Waals surface area contributed by atoms with Crippen molar-refractivity contribution < 1.29 is 9.13 Å². The molecule has 4 rings (SSSR count). The fourth-order valence-corrected chi connectivity index (χ4v) is 3.24. The zero-order valence-corrected chi connectivity index (χ0v) is 16.4. The number of halogens is 2. The molecule has 0 amide bonds. The molecule has 4 aromatic rings. The molecule has 0 saturated heterocycles. The highest BCUT2D eigenvalue weighted by atomic mass is 127. The number of benzene rings is 3. The summed E-state index contributed by atoms with van der Waals surface area (Å²) in [5.41, 5.74) is 8.54. The summed E-state index contributed by atoms with van der Waals surface area (Å²) >= 11 is 2.24. The summed E-state index contributed by atoms with van der Waals surface area (Å²) in [5, 5.41) is 0.848. The lowest BCUT2D eigenvalue weighted by atomic mass is 10.1. The Hall–Kier alpha value is -2.74. The van der Waals surface area contributed by atoms with Crippen molar-refractivity contribution in [1.29, 1.82) is 0 Å². The van der Waals surface area contributed by atoms with Gasteiger partial charge < -0.3 is 10.5 Å². The van der Waals surface area contributed by atoms with E-state index in [9.17, 15) is 4.39 Å². The Morgan fingerprint density at radius 3 is 2.56 bits per heavy atom. The molecule has 27 heavy (non-hydrogen) atoms. The van der Waals surface area contributed by atoms with Gasteiger partial charge in [0, 0.05) is 14.5 Å². The first-order chi connectivity index (χ1) is 13.1. The van der Waals surface area contributed by atoms with Crippen molar-refractivity contribution in [3.8, 4) is 17.1 Å². The Morgan fingerprint density at radius 1 is 0.963 bits per heavy atom. The number of fused-ring (bicyclic) bond motifs is 1. The second-order valence-electron chi connectivity index (χ2n) is 6.04. The van der Waals surface area contributed by atoms with Crippen molar-refractivity contribution in [2.75, 3.05) is 5.73 Å². The van der Waals surface area contributed by atoms with Crippen LogP contribution in [-0.4, -0.2) is 9.97 Å². The second kappa shape index (κ2) is 7.48. The van der Waals surface area contributed by atoms with Gasteiger partial charge in [0.25, 0.3) is 0 Å². The number of nitrogens with two attached hydrogens (primary N) is 1. The summed E-state index contributed by atoms with van der Waals surface area (Å²) in [5.74, 6) is 1.44. The van der Waals surface area contributed by atoms with Gasteiger partial charge in [-0.2, -0.15) is 0 Å². The average Bonchev–Trinajstić information content (AvgIpc) is 2.67. The van der Waals surface area contributed by atoms with Crippen LogP contribution >= 0.6 is 22.6 Å². The predicted octanol–water partition coefficient (Wildman–Crippen LogP) is 5.20. The molecule has 0 atom stereocenters. The van der Waals surface area contributed by atoms with Gasteiger partial charge in [0.1, 0.15) is 24.0 Å². The van der Waals surface area contributed by atoms with Gasteiger partial charge in [-0.1, -0.05) is 12.1 Å². The number of ether oxygens (including phenoxy) is 1. The van der Waals surface area contributed by atoms with E-state index in [2.05, 4.69) is 32.6 Å². The molecular weight excluding hydrogens is 456 g/mol. The molecule has 1 aromatic heterocycles. The predicted molar refractivity (Wildman–Crippen MR) is 113 cm³/mol. The lowest BCUT2D eigenvalue weighted by Gasteiger charge is -2.09. The maximum Gasteiger partial charge on any atom is 0.162 e. The third-order valence-corrected chi connectivity index (χ3v) is 4.77. The molecule has 4 nitrogen and oxygen atoms in total. The van der Waals surface area contributed by atoms with Crippen LogP contribution in [0.3, 0.4) is 0 Å². The molecule has 0 saturated carbocycles. The number of aromatic nitrogens is 2. The van der Waals surface area contributed by atoms with E-state index in [-0.39, 0.29) is 5.82 Å². The standard InChI is InChI=1S/C21H15FIN3O/c22-15-3-1-2-13(10-15)12-27-17-7-4-14(5-8-17)21-25-19-9-6-16(23)11-18(19)20(24)26-21/h1-11H,12H2,(H2,24,25,26). The molecule has 0 fully saturated rings. The normalized spacial score (nSPS) is 10.9. The van der Waals surface area contributed by atoms with Crippen molar-refractivity contribution in [2.24, 2.45) is 0 Å². The molecule has 0 aliphatic carbocycles. The van der Waals surface area contributed by atoms with Gasteiger partial charge in [0.15, 0.2) is 5.82 Å². The van der Waals surface area contributed by atoms with Gasteiger partial charge in [-0.15, -0.1) is 0 Å². The molecule has 134 valence electrons. The lowest BCUT2D eigenvalue weighted by Crippen LogP contribution is -1.99. The molecular formula is C21H15FIN3O. The van der Waals surface area contributed by atoms with Crippen molar-refractivity contribution in [3.63, 3.8) is 0 Å². The highest BCUT2D eigenvalue weighted by Crippen LogP contribution is 2.26. The van der Waals surface area contributed by atoms with E-state index in [4.69, 9.17) is 10.5 Å². The number of hydrogen-bond donors (Lipinski definition) is 1. The number of nitrogens with zero attached hydrogens (tertiary/aromatic N) is 2. The maximum atomic E-state index is 13.2. The van der Waals surface area contributed by atoms with E-state index in [0.29, 0.717) is 24.0 Å². The third kappa shape index (κ3) is 4.00. The van der Waals surface area contributed by atoms with Crippen LogP contribution in [0.5, 0.6) is 5.75 Å². The number of hydrogen-bond acceptors (Lipinski definition) is 4. The number of rotatable bonds is 4. The third-order valence-electron chi connectivity index (χ3n) is 4.09. The minimum absolute atomic E-state index is 0.271. The Labute approximate surface area is 169 Å². The summed E-state index contributed by atoms with van der Waals surface area (Å²) in [4.78, 5) is 9.03. The van der Waals surface area contributed by atoms with Crippen LogP contribution in [0.2, 0.25) is 0 Å². The number of anilines is 1. The van der Waals surface area contributed by atoms with Crippen LogP contribution in [0.1, 0.15) is 5.56 Å². The largest absolute Gasteiger partial charge is 0.489 e. The van der Waals surface area contributed by atoms with Crippen LogP contribution in [-0.2, 0) is 6.61 Å².